The van der Waals surface area contributed by atoms with E-state index in [-0.39, 0.29) is 11.9 Å². The summed E-state index contributed by atoms with van der Waals surface area (Å²) in [6.07, 6.45) is 4.30. The van der Waals surface area contributed by atoms with Crippen LogP contribution in [0.25, 0.3) is 0 Å². The molecule has 0 bridgehead atoms. The molecule has 2 aliphatic rings. The number of benzene rings is 1. The van der Waals surface area contributed by atoms with Crippen LogP contribution < -0.4 is 5.32 Å². The molecule has 2 fully saturated rings. The van der Waals surface area contributed by atoms with Crippen molar-refractivity contribution in [2.24, 2.45) is 5.92 Å². The van der Waals surface area contributed by atoms with Crippen molar-refractivity contribution in [2.45, 2.75) is 46.5 Å². The van der Waals surface area contributed by atoms with Crippen molar-refractivity contribution in [2.75, 3.05) is 51.1 Å². The van der Waals surface area contributed by atoms with Crippen molar-refractivity contribution in [1.82, 2.24) is 14.7 Å². The Hall–Kier alpha value is -2.08. The maximum absolute atomic E-state index is 12.8. The molecule has 1 aromatic carbocycles. The van der Waals surface area contributed by atoms with E-state index in [1.807, 2.05) is 34.9 Å². The zero-order chi connectivity index (χ0) is 20.8. The van der Waals surface area contributed by atoms with Crippen LogP contribution in [0.3, 0.4) is 0 Å². The lowest BCUT2D eigenvalue weighted by Gasteiger charge is -2.30. The van der Waals surface area contributed by atoms with Crippen LogP contribution in [0.5, 0.6) is 0 Å². The third kappa shape index (κ3) is 5.72. The first kappa shape index (κ1) is 21.6. The number of hydrogen-bond donors (Lipinski definition) is 1. The normalized spacial score (nSPS) is 19.1. The number of rotatable bonds is 4. The Morgan fingerprint density at radius 1 is 1.03 bits per heavy atom. The number of aryl methyl sites for hydroxylation is 1. The number of amides is 3. The predicted octanol–water partition coefficient (Wildman–Crippen LogP) is 3.82. The fourth-order valence-electron chi connectivity index (χ4n) is 4.24. The third-order valence-corrected chi connectivity index (χ3v) is 6.20. The molecule has 0 saturated carbocycles. The smallest absolute Gasteiger partial charge is 0.321 e. The first-order valence-electron chi connectivity index (χ1n) is 11.2. The number of piperidine rings is 1. The van der Waals surface area contributed by atoms with E-state index in [0.717, 1.165) is 82.7 Å². The van der Waals surface area contributed by atoms with E-state index in [2.05, 4.69) is 24.1 Å². The lowest BCUT2D eigenvalue weighted by molar-refractivity contribution is 0.0697. The van der Waals surface area contributed by atoms with Crippen molar-refractivity contribution >= 4 is 17.6 Å². The Morgan fingerprint density at radius 3 is 2.48 bits per heavy atom. The minimum absolute atomic E-state index is 0.0458. The van der Waals surface area contributed by atoms with Gasteiger partial charge in [0.1, 0.15) is 0 Å². The third-order valence-electron chi connectivity index (χ3n) is 6.20. The molecule has 0 unspecified atom stereocenters. The van der Waals surface area contributed by atoms with Crippen LogP contribution in [0, 0.1) is 12.8 Å². The van der Waals surface area contributed by atoms with Crippen LogP contribution in [-0.2, 0) is 0 Å². The van der Waals surface area contributed by atoms with Crippen molar-refractivity contribution in [1.29, 1.82) is 0 Å². The SMILES string of the molecule is CCCN1CCCN(C(=O)Nc2ccc(C(=O)N3CCC(C)CC3)cc2C)CC1. The molecule has 2 heterocycles. The Balaban J connectivity index is 1.58. The number of urea groups is 1. The van der Waals surface area contributed by atoms with Gasteiger partial charge in [0.05, 0.1) is 0 Å². The summed E-state index contributed by atoms with van der Waals surface area (Å²) in [5, 5.41) is 3.05. The Labute approximate surface area is 175 Å². The van der Waals surface area contributed by atoms with Gasteiger partial charge >= 0.3 is 6.03 Å². The molecule has 0 aliphatic carbocycles. The van der Waals surface area contributed by atoms with Gasteiger partial charge in [-0.2, -0.15) is 0 Å². The van der Waals surface area contributed by atoms with Crippen LogP contribution in [0.1, 0.15) is 55.5 Å². The van der Waals surface area contributed by atoms with Gasteiger partial charge in [-0.15, -0.1) is 0 Å². The molecular formula is C23H36N4O2. The van der Waals surface area contributed by atoms with Crippen molar-refractivity contribution < 1.29 is 9.59 Å². The second-order valence-corrected chi connectivity index (χ2v) is 8.62. The van der Waals surface area contributed by atoms with Gasteiger partial charge in [-0.3, -0.25) is 4.79 Å². The monoisotopic (exact) mass is 400 g/mol. The highest BCUT2D eigenvalue weighted by Crippen LogP contribution is 2.22. The largest absolute Gasteiger partial charge is 0.339 e. The molecule has 3 amide bonds. The summed E-state index contributed by atoms with van der Waals surface area (Å²) in [6.45, 7) is 12.7. The summed E-state index contributed by atoms with van der Waals surface area (Å²) >= 11 is 0. The van der Waals surface area contributed by atoms with Gasteiger partial charge < -0.3 is 20.0 Å². The number of carbonyl (C=O) groups excluding carboxylic acids is 2. The molecule has 160 valence electrons. The Kier molecular flexibility index (Phi) is 7.53. The van der Waals surface area contributed by atoms with Gasteiger partial charge in [0.2, 0.25) is 0 Å². The van der Waals surface area contributed by atoms with E-state index < -0.39 is 0 Å². The molecule has 6 nitrogen and oxygen atoms in total. The van der Waals surface area contributed by atoms with Crippen LogP contribution in [0.15, 0.2) is 18.2 Å². The zero-order valence-electron chi connectivity index (χ0n) is 18.2. The summed E-state index contributed by atoms with van der Waals surface area (Å²) in [7, 11) is 0. The molecule has 2 aliphatic heterocycles. The van der Waals surface area contributed by atoms with Crippen molar-refractivity contribution in [3.8, 4) is 0 Å². The van der Waals surface area contributed by atoms with Gasteiger partial charge in [-0.1, -0.05) is 13.8 Å². The molecule has 0 atom stereocenters. The molecule has 1 N–H and O–H groups in total. The first-order valence-corrected chi connectivity index (χ1v) is 11.2. The summed E-state index contributed by atoms with van der Waals surface area (Å²) in [5.41, 5.74) is 2.42. The quantitative estimate of drug-likeness (QED) is 0.836. The molecule has 29 heavy (non-hydrogen) atoms. The van der Waals surface area contributed by atoms with Crippen LogP contribution in [0.4, 0.5) is 10.5 Å². The summed E-state index contributed by atoms with van der Waals surface area (Å²) < 4.78 is 0. The zero-order valence-corrected chi connectivity index (χ0v) is 18.2. The fraction of sp³-hybridized carbons (Fsp3) is 0.652. The number of hydrogen-bond acceptors (Lipinski definition) is 3. The van der Waals surface area contributed by atoms with E-state index in [4.69, 9.17) is 0 Å². The second kappa shape index (κ2) is 10.1. The van der Waals surface area contributed by atoms with Crippen LogP contribution in [-0.4, -0.2) is 72.5 Å². The lowest BCUT2D eigenvalue weighted by Crippen LogP contribution is -2.38. The Bertz CT molecular complexity index is 713. The maximum atomic E-state index is 12.8. The number of nitrogens with zero attached hydrogens (tertiary/aromatic N) is 3. The number of anilines is 1. The molecular weight excluding hydrogens is 364 g/mol. The molecule has 6 heteroatoms. The summed E-state index contributed by atoms with van der Waals surface area (Å²) in [6, 6.07) is 5.57. The topological polar surface area (TPSA) is 55.9 Å². The number of nitrogens with one attached hydrogen (secondary N) is 1. The van der Waals surface area contributed by atoms with E-state index in [1.165, 1.54) is 0 Å². The lowest BCUT2D eigenvalue weighted by atomic mass is 9.98. The van der Waals surface area contributed by atoms with Gasteiger partial charge in [0, 0.05) is 44.0 Å². The van der Waals surface area contributed by atoms with E-state index in [0.29, 0.717) is 11.5 Å². The highest BCUT2D eigenvalue weighted by atomic mass is 16.2. The van der Waals surface area contributed by atoms with Crippen LogP contribution in [0.2, 0.25) is 0 Å². The van der Waals surface area contributed by atoms with Crippen LogP contribution >= 0.6 is 0 Å². The molecule has 0 aromatic heterocycles. The average Bonchev–Trinajstić information content (AvgIpc) is 2.95. The van der Waals surface area contributed by atoms with Gasteiger partial charge in [-0.05, 0) is 75.4 Å². The van der Waals surface area contributed by atoms with Gasteiger partial charge in [0.25, 0.3) is 5.91 Å². The number of likely N-dealkylation sites (tertiary alicyclic amines) is 1. The van der Waals surface area contributed by atoms with Gasteiger partial charge in [-0.25, -0.2) is 4.79 Å². The minimum atomic E-state index is -0.0458. The molecule has 2 saturated heterocycles. The minimum Gasteiger partial charge on any atom is -0.339 e. The second-order valence-electron chi connectivity index (χ2n) is 8.62. The highest BCUT2D eigenvalue weighted by Gasteiger charge is 2.23. The molecule has 0 radical (unpaired) electrons. The predicted molar refractivity (Wildman–Crippen MR) is 117 cm³/mol. The first-order chi connectivity index (χ1) is 14.0. The summed E-state index contributed by atoms with van der Waals surface area (Å²) in [4.78, 5) is 31.8. The highest BCUT2D eigenvalue weighted by molar-refractivity contribution is 5.96. The fourth-order valence-corrected chi connectivity index (χ4v) is 4.24. The van der Waals surface area contributed by atoms with Crippen molar-refractivity contribution in [3.05, 3.63) is 29.3 Å². The van der Waals surface area contributed by atoms with Crippen molar-refractivity contribution in [3.63, 3.8) is 0 Å². The average molecular weight is 401 g/mol. The van der Waals surface area contributed by atoms with E-state index >= 15 is 0 Å². The maximum Gasteiger partial charge on any atom is 0.321 e. The van der Waals surface area contributed by atoms with E-state index in [9.17, 15) is 9.59 Å². The molecule has 1 aromatic rings. The van der Waals surface area contributed by atoms with E-state index in [1.54, 1.807) is 0 Å². The standard InChI is InChI=1S/C23H36N4O2/c1-4-10-25-11-5-12-27(16-15-25)23(29)24-21-7-6-20(17-19(21)3)22(28)26-13-8-18(2)9-14-26/h6-7,17-18H,4-5,8-16H2,1-3H3,(H,24,29). The molecule has 3 rings (SSSR count). The number of carbonyl (C=O) groups is 2. The Morgan fingerprint density at radius 2 is 1.79 bits per heavy atom. The van der Waals surface area contributed by atoms with Gasteiger partial charge in [0.15, 0.2) is 0 Å². The summed E-state index contributed by atoms with van der Waals surface area (Å²) in [5.74, 6) is 0.799. The molecule has 0 spiro atoms.